The second kappa shape index (κ2) is 5.71. The molecule has 3 atom stereocenters. The van der Waals surface area contributed by atoms with Crippen molar-refractivity contribution in [3.05, 3.63) is 35.5 Å². The molecule has 0 aromatic rings. The molecule has 3 unspecified atom stereocenters. The molecule has 1 saturated carbocycles. The van der Waals surface area contributed by atoms with Crippen molar-refractivity contribution in [2.75, 3.05) is 0 Å². The van der Waals surface area contributed by atoms with E-state index < -0.39 is 0 Å². The SMILES string of the molecule is CC(C)=CCCC(C)=CCC1CC2C=CC1C2. The molecule has 0 amide bonds. The average Bonchev–Trinajstić information content (AvgIpc) is 2.87. The van der Waals surface area contributed by atoms with E-state index in [0.717, 1.165) is 17.8 Å². The number of hydrogen-bond donors (Lipinski definition) is 0. The molecular weight excluding hydrogens is 204 g/mol. The topological polar surface area (TPSA) is 0 Å². The molecule has 94 valence electrons. The molecule has 0 radical (unpaired) electrons. The van der Waals surface area contributed by atoms with Crippen LogP contribution in [0.1, 0.15) is 52.9 Å². The molecule has 2 rings (SSSR count). The summed E-state index contributed by atoms with van der Waals surface area (Å²) in [4.78, 5) is 0. The Labute approximate surface area is 106 Å². The molecule has 2 aliphatic carbocycles. The zero-order valence-corrected chi connectivity index (χ0v) is 11.6. The van der Waals surface area contributed by atoms with Crippen molar-refractivity contribution in [3.8, 4) is 0 Å². The second-order valence-corrected chi connectivity index (χ2v) is 6.15. The molecular formula is C17H26. The van der Waals surface area contributed by atoms with Gasteiger partial charge >= 0.3 is 0 Å². The largest absolute Gasteiger partial charge is 0.0856 e. The maximum absolute atomic E-state index is 2.50. The van der Waals surface area contributed by atoms with E-state index in [4.69, 9.17) is 0 Å². The van der Waals surface area contributed by atoms with Gasteiger partial charge in [-0.25, -0.2) is 0 Å². The summed E-state index contributed by atoms with van der Waals surface area (Å²) in [6, 6.07) is 0. The molecule has 0 aromatic heterocycles. The number of hydrogen-bond acceptors (Lipinski definition) is 0. The maximum Gasteiger partial charge on any atom is -0.0196 e. The van der Waals surface area contributed by atoms with E-state index in [2.05, 4.69) is 45.1 Å². The van der Waals surface area contributed by atoms with Crippen LogP contribution in [0.3, 0.4) is 0 Å². The average molecular weight is 230 g/mol. The molecule has 0 aliphatic heterocycles. The number of rotatable bonds is 5. The molecule has 2 aliphatic rings. The van der Waals surface area contributed by atoms with Crippen molar-refractivity contribution in [2.45, 2.75) is 52.9 Å². The summed E-state index contributed by atoms with van der Waals surface area (Å²) in [6.07, 6.45) is 16.4. The monoisotopic (exact) mass is 230 g/mol. The summed E-state index contributed by atoms with van der Waals surface area (Å²) in [5, 5.41) is 0. The van der Waals surface area contributed by atoms with Gasteiger partial charge in [0.05, 0.1) is 0 Å². The molecule has 0 saturated heterocycles. The maximum atomic E-state index is 2.50. The van der Waals surface area contributed by atoms with Gasteiger partial charge in [0.2, 0.25) is 0 Å². The highest BCUT2D eigenvalue weighted by Gasteiger charge is 2.34. The Kier molecular flexibility index (Phi) is 4.25. The van der Waals surface area contributed by atoms with E-state index in [9.17, 15) is 0 Å². The summed E-state index contributed by atoms with van der Waals surface area (Å²) >= 11 is 0. The fourth-order valence-electron chi connectivity index (χ4n) is 3.21. The normalized spacial score (nSPS) is 31.0. The van der Waals surface area contributed by atoms with Gasteiger partial charge in [0.1, 0.15) is 0 Å². The van der Waals surface area contributed by atoms with Crippen molar-refractivity contribution in [2.24, 2.45) is 17.8 Å². The Morgan fingerprint density at radius 1 is 1.12 bits per heavy atom. The Balaban J connectivity index is 1.73. The zero-order chi connectivity index (χ0) is 12.3. The van der Waals surface area contributed by atoms with Crippen molar-refractivity contribution in [1.29, 1.82) is 0 Å². The van der Waals surface area contributed by atoms with Crippen molar-refractivity contribution in [1.82, 2.24) is 0 Å². The minimum atomic E-state index is 0.904. The van der Waals surface area contributed by atoms with Crippen LogP contribution in [-0.4, -0.2) is 0 Å². The van der Waals surface area contributed by atoms with Crippen molar-refractivity contribution >= 4 is 0 Å². The van der Waals surface area contributed by atoms with Crippen LogP contribution in [-0.2, 0) is 0 Å². The van der Waals surface area contributed by atoms with E-state index in [0.29, 0.717) is 0 Å². The van der Waals surface area contributed by atoms with Gasteiger partial charge in [-0.2, -0.15) is 0 Å². The van der Waals surface area contributed by atoms with Crippen LogP contribution in [0.4, 0.5) is 0 Å². The summed E-state index contributed by atoms with van der Waals surface area (Å²) < 4.78 is 0. The summed E-state index contributed by atoms with van der Waals surface area (Å²) in [5.41, 5.74) is 3.02. The van der Waals surface area contributed by atoms with Crippen LogP contribution < -0.4 is 0 Å². The van der Waals surface area contributed by atoms with Crippen LogP contribution in [0.5, 0.6) is 0 Å². The predicted octanol–water partition coefficient (Wildman–Crippen LogP) is 5.28. The Hall–Kier alpha value is -0.780. The van der Waals surface area contributed by atoms with E-state index in [1.165, 1.54) is 37.7 Å². The lowest BCUT2D eigenvalue weighted by atomic mass is 9.89. The third-order valence-corrected chi connectivity index (χ3v) is 4.28. The van der Waals surface area contributed by atoms with Gasteiger partial charge in [-0.15, -0.1) is 0 Å². The highest BCUT2D eigenvalue weighted by atomic mass is 14.4. The van der Waals surface area contributed by atoms with Gasteiger partial charge in [0.25, 0.3) is 0 Å². The first-order valence-corrected chi connectivity index (χ1v) is 7.12. The number of allylic oxidation sites excluding steroid dienone is 6. The summed E-state index contributed by atoms with van der Waals surface area (Å²) in [6.45, 7) is 6.66. The fraction of sp³-hybridized carbons (Fsp3) is 0.647. The highest BCUT2D eigenvalue weighted by molar-refractivity contribution is 5.12. The molecule has 0 nitrogen and oxygen atoms in total. The van der Waals surface area contributed by atoms with Crippen LogP contribution in [0.2, 0.25) is 0 Å². The molecule has 0 heteroatoms. The first kappa shape index (κ1) is 12.7. The lowest BCUT2D eigenvalue weighted by molar-refractivity contribution is 0.452. The minimum Gasteiger partial charge on any atom is -0.0856 e. The molecule has 17 heavy (non-hydrogen) atoms. The smallest absolute Gasteiger partial charge is 0.0196 e. The molecule has 0 heterocycles. The minimum absolute atomic E-state index is 0.904. The lowest BCUT2D eigenvalue weighted by Gasteiger charge is -2.16. The standard InChI is InChI=1S/C17H26/c1-13(2)5-4-6-14(3)7-9-16-11-15-8-10-17(16)12-15/h5,7-8,10,15-17H,4,6,9,11-12H2,1-3H3. The van der Waals surface area contributed by atoms with E-state index >= 15 is 0 Å². The van der Waals surface area contributed by atoms with Crippen molar-refractivity contribution < 1.29 is 0 Å². The van der Waals surface area contributed by atoms with E-state index in [-0.39, 0.29) is 0 Å². The summed E-state index contributed by atoms with van der Waals surface area (Å²) in [7, 11) is 0. The first-order valence-electron chi connectivity index (χ1n) is 7.12. The van der Waals surface area contributed by atoms with Crippen LogP contribution in [0.25, 0.3) is 0 Å². The molecule has 0 spiro atoms. The fourth-order valence-corrected chi connectivity index (χ4v) is 3.21. The van der Waals surface area contributed by atoms with Crippen LogP contribution >= 0.6 is 0 Å². The molecule has 0 N–H and O–H groups in total. The Morgan fingerprint density at radius 3 is 2.53 bits per heavy atom. The van der Waals surface area contributed by atoms with Crippen LogP contribution in [0.15, 0.2) is 35.5 Å². The van der Waals surface area contributed by atoms with Gasteiger partial charge in [0.15, 0.2) is 0 Å². The van der Waals surface area contributed by atoms with Gasteiger partial charge in [-0.1, -0.05) is 35.5 Å². The van der Waals surface area contributed by atoms with Gasteiger partial charge in [-0.05, 0) is 70.6 Å². The molecule has 2 bridgehead atoms. The van der Waals surface area contributed by atoms with E-state index in [1.54, 1.807) is 5.57 Å². The summed E-state index contributed by atoms with van der Waals surface area (Å²) in [5.74, 6) is 2.77. The third kappa shape index (κ3) is 3.59. The second-order valence-electron chi connectivity index (χ2n) is 6.15. The quantitative estimate of drug-likeness (QED) is 0.564. The zero-order valence-electron chi connectivity index (χ0n) is 11.6. The Bertz CT molecular complexity index is 339. The highest BCUT2D eigenvalue weighted by Crippen LogP contribution is 2.45. The predicted molar refractivity (Wildman–Crippen MR) is 75.9 cm³/mol. The number of fused-ring (bicyclic) bond motifs is 2. The third-order valence-electron chi connectivity index (χ3n) is 4.28. The van der Waals surface area contributed by atoms with Gasteiger partial charge < -0.3 is 0 Å². The molecule has 0 aromatic carbocycles. The van der Waals surface area contributed by atoms with Crippen LogP contribution in [0, 0.1) is 17.8 Å². The van der Waals surface area contributed by atoms with Crippen molar-refractivity contribution in [3.63, 3.8) is 0 Å². The van der Waals surface area contributed by atoms with Gasteiger partial charge in [0, 0.05) is 0 Å². The van der Waals surface area contributed by atoms with E-state index in [1.807, 2.05) is 0 Å². The van der Waals surface area contributed by atoms with Gasteiger partial charge in [-0.3, -0.25) is 0 Å². The molecule has 1 fully saturated rings. The lowest BCUT2D eigenvalue weighted by Crippen LogP contribution is -2.05. The Morgan fingerprint density at radius 2 is 1.94 bits per heavy atom. The first-order chi connectivity index (χ1) is 8.15.